The van der Waals surface area contributed by atoms with Gasteiger partial charge in [-0.05, 0) is 30.9 Å². The summed E-state index contributed by atoms with van der Waals surface area (Å²) >= 11 is 11.9. The summed E-state index contributed by atoms with van der Waals surface area (Å²) in [6.45, 7) is 3.30. The average molecular weight is 371 g/mol. The van der Waals surface area contributed by atoms with Crippen molar-refractivity contribution in [3.8, 4) is 0 Å². The Morgan fingerprint density at radius 1 is 1.33 bits per heavy atom. The van der Waals surface area contributed by atoms with Gasteiger partial charge in [-0.3, -0.25) is 4.79 Å². The fraction of sp³-hybridized carbons (Fsp3) is 0.462. The van der Waals surface area contributed by atoms with Gasteiger partial charge in [0, 0.05) is 28.8 Å². The Hall–Kier alpha value is -0.490. The van der Waals surface area contributed by atoms with Crippen molar-refractivity contribution in [2.45, 2.75) is 24.7 Å². The summed E-state index contributed by atoms with van der Waals surface area (Å²) in [5.74, 6) is 0.0764. The summed E-state index contributed by atoms with van der Waals surface area (Å²) < 4.78 is 23.0. The van der Waals surface area contributed by atoms with Gasteiger partial charge < -0.3 is 4.90 Å². The van der Waals surface area contributed by atoms with Crippen LogP contribution in [0.3, 0.4) is 0 Å². The minimum atomic E-state index is -4.07. The van der Waals surface area contributed by atoms with Crippen LogP contribution in [0.2, 0.25) is 10.0 Å². The van der Waals surface area contributed by atoms with Gasteiger partial charge in [-0.1, -0.05) is 30.1 Å². The smallest absolute Gasteiger partial charge is 0.262 e. The van der Waals surface area contributed by atoms with Gasteiger partial charge in [0.2, 0.25) is 0 Å². The van der Waals surface area contributed by atoms with Crippen LogP contribution in [0.15, 0.2) is 17.0 Å². The van der Waals surface area contributed by atoms with Crippen molar-refractivity contribution in [3.63, 3.8) is 0 Å². The number of carbonyl (C=O) groups excluding carboxylic acids is 1. The van der Waals surface area contributed by atoms with Gasteiger partial charge in [-0.25, -0.2) is 8.42 Å². The largest absolute Gasteiger partial charge is 0.338 e. The molecule has 0 N–H and O–H groups in total. The van der Waals surface area contributed by atoms with Crippen molar-refractivity contribution in [2.24, 2.45) is 5.92 Å². The fourth-order valence-electron chi connectivity index (χ4n) is 2.44. The molecule has 116 valence electrons. The first kappa shape index (κ1) is 16.9. The quantitative estimate of drug-likeness (QED) is 0.744. The second-order valence-corrected chi connectivity index (χ2v) is 8.55. The number of piperidine rings is 1. The minimum absolute atomic E-state index is 0.0671. The van der Waals surface area contributed by atoms with Gasteiger partial charge in [0.05, 0.1) is 10.6 Å². The summed E-state index contributed by atoms with van der Waals surface area (Å²) in [6, 6.07) is 2.51. The standard InChI is InChI=1S/C13H14Cl3NO3S/c1-8-3-2-4-17(7-8)13(18)10-5-9(14)6-11(12(10)15)21(16,19)20/h5-6,8H,2-4,7H2,1H3. The molecule has 1 unspecified atom stereocenters. The number of hydrogen-bond donors (Lipinski definition) is 0. The molecular formula is C13H14Cl3NO3S. The van der Waals surface area contributed by atoms with Crippen molar-refractivity contribution in [2.75, 3.05) is 13.1 Å². The fourth-order valence-corrected chi connectivity index (χ4v) is 4.29. The van der Waals surface area contributed by atoms with E-state index in [1.54, 1.807) is 4.90 Å². The molecule has 1 heterocycles. The number of likely N-dealkylation sites (tertiary alicyclic amines) is 1. The van der Waals surface area contributed by atoms with Gasteiger partial charge in [0.15, 0.2) is 0 Å². The van der Waals surface area contributed by atoms with Gasteiger partial charge >= 0.3 is 0 Å². The summed E-state index contributed by atoms with van der Waals surface area (Å²) in [5.41, 5.74) is 0.0671. The van der Waals surface area contributed by atoms with E-state index in [-0.39, 0.29) is 26.4 Å². The van der Waals surface area contributed by atoms with E-state index in [0.717, 1.165) is 18.9 Å². The maximum absolute atomic E-state index is 12.5. The first-order valence-corrected chi connectivity index (χ1v) is 9.49. The van der Waals surface area contributed by atoms with Crippen LogP contribution in [0, 0.1) is 5.92 Å². The zero-order valence-electron chi connectivity index (χ0n) is 11.3. The predicted molar refractivity (Wildman–Crippen MR) is 83.8 cm³/mol. The SMILES string of the molecule is CC1CCCN(C(=O)c2cc(Cl)cc(S(=O)(=O)Cl)c2Cl)C1. The Balaban J connectivity index is 2.44. The predicted octanol–water partition coefficient (Wildman–Crippen LogP) is 3.79. The molecule has 8 heteroatoms. The third kappa shape index (κ3) is 3.83. The second kappa shape index (κ2) is 6.32. The maximum atomic E-state index is 12.5. The van der Waals surface area contributed by atoms with Gasteiger partial charge in [0.1, 0.15) is 4.90 Å². The number of rotatable bonds is 2. The normalized spacial score (nSPS) is 19.6. The molecule has 1 aromatic carbocycles. The summed E-state index contributed by atoms with van der Waals surface area (Å²) in [5, 5.41) is -0.0790. The summed E-state index contributed by atoms with van der Waals surface area (Å²) in [4.78, 5) is 13.9. The number of hydrogen-bond acceptors (Lipinski definition) is 3. The van der Waals surface area contributed by atoms with Crippen molar-refractivity contribution >= 4 is 48.8 Å². The van der Waals surface area contributed by atoms with Crippen molar-refractivity contribution in [3.05, 3.63) is 27.7 Å². The Bertz CT molecular complexity index is 675. The molecule has 21 heavy (non-hydrogen) atoms. The molecule has 2 rings (SSSR count). The lowest BCUT2D eigenvalue weighted by Crippen LogP contribution is -2.39. The summed E-state index contributed by atoms with van der Waals surface area (Å²) in [7, 11) is 1.26. The van der Waals surface area contributed by atoms with Crippen molar-refractivity contribution in [1.29, 1.82) is 0 Å². The van der Waals surface area contributed by atoms with E-state index >= 15 is 0 Å². The van der Waals surface area contributed by atoms with E-state index in [1.807, 2.05) is 0 Å². The molecule has 1 atom stereocenters. The van der Waals surface area contributed by atoms with Crippen LogP contribution in [0.5, 0.6) is 0 Å². The molecule has 0 spiro atoms. The second-order valence-electron chi connectivity index (χ2n) is 5.20. The van der Waals surface area contributed by atoms with E-state index in [0.29, 0.717) is 19.0 Å². The molecule has 1 aliphatic heterocycles. The number of amides is 1. The van der Waals surface area contributed by atoms with Crippen LogP contribution in [-0.4, -0.2) is 32.3 Å². The van der Waals surface area contributed by atoms with Gasteiger partial charge in [0.25, 0.3) is 15.0 Å². The lowest BCUT2D eigenvalue weighted by molar-refractivity contribution is 0.0683. The lowest BCUT2D eigenvalue weighted by atomic mass is 9.99. The zero-order chi connectivity index (χ0) is 15.8. The molecule has 1 aliphatic rings. The molecule has 0 radical (unpaired) electrons. The Labute approximate surface area is 138 Å². The maximum Gasteiger partial charge on any atom is 0.262 e. The molecule has 1 amide bonds. The van der Waals surface area contributed by atoms with Crippen LogP contribution < -0.4 is 0 Å². The van der Waals surface area contributed by atoms with Crippen molar-refractivity contribution < 1.29 is 13.2 Å². The lowest BCUT2D eigenvalue weighted by Gasteiger charge is -2.31. The monoisotopic (exact) mass is 369 g/mol. The van der Waals surface area contributed by atoms with E-state index in [2.05, 4.69) is 6.92 Å². The topological polar surface area (TPSA) is 54.5 Å². The number of carbonyl (C=O) groups is 1. The van der Waals surface area contributed by atoms with Crippen LogP contribution >= 0.6 is 33.9 Å². The Morgan fingerprint density at radius 3 is 2.57 bits per heavy atom. The average Bonchev–Trinajstić information content (AvgIpc) is 2.39. The third-order valence-corrected chi connectivity index (χ3v) is 5.52. The highest BCUT2D eigenvalue weighted by atomic mass is 35.7. The van der Waals surface area contributed by atoms with E-state index in [9.17, 15) is 13.2 Å². The molecule has 0 aromatic heterocycles. The van der Waals surface area contributed by atoms with E-state index in [4.69, 9.17) is 33.9 Å². The summed E-state index contributed by atoms with van der Waals surface area (Å²) in [6.07, 6.45) is 1.97. The molecule has 0 bridgehead atoms. The first-order chi connectivity index (χ1) is 9.70. The highest BCUT2D eigenvalue weighted by Crippen LogP contribution is 2.33. The van der Waals surface area contributed by atoms with Gasteiger partial charge in [-0.15, -0.1) is 0 Å². The number of nitrogens with zero attached hydrogens (tertiary/aromatic N) is 1. The molecule has 4 nitrogen and oxygen atoms in total. The number of benzene rings is 1. The molecule has 0 saturated carbocycles. The Kier molecular flexibility index (Phi) is 5.08. The van der Waals surface area contributed by atoms with Crippen LogP contribution in [0.1, 0.15) is 30.1 Å². The highest BCUT2D eigenvalue weighted by Gasteiger charge is 2.27. The molecule has 1 saturated heterocycles. The molecular weight excluding hydrogens is 357 g/mol. The highest BCUT2D eigenvalue weighted by molar-refractivity contribution is 8.13. The molecule has 1 aromatic rings. The molecule has 0 aliphatic carbocycles. The minimum Gasteiger partial charge on any atom is -0.338 e. The zero-order valence-corrected chi connectivity index (χ0v) is 14.4. The van der Waals surface area contributed by atoms with E-state index in [1.165, 1.54) is 6.07 Å². The van der Waals surface area contributed by atoms with E-state index < -0.39 is 9.05 Å². The van der Waals surface area contributed by atoms with Crippen molar-refractivity contribution in [1.82, 2.24) is 4.90 Å². The Morgan fingerprint density at radius 2 is 2.00 bits per heavy atom. The third-order valence-electron chi connectivity index (χ3n) is 3.44. The van der Waals surface area contributed by atoms with Crippen LogP contribution in [-0.2, 0) is 9.05 Å². The number of halogens is 3. The first-order valence-electron chi connectivity index (χ1n) is 6.43. The van der Waals surface area contributed by atoms with Gasteiger partial charge in [-0.2, -0.15) is 0 Å². The molecule has 1 fully saturated rings. The van der Waals surface area contributed by atoms with Crippen LogP contribution in [0.4, 0.5) is 0 Å². The van der Waals surface area contributed by atoms with Crippen LogP contribution in [0.25, 0.3) is 0 Å².